The Morgan fingerprint density at radius 2 is 2.00 bits per heavy atom. The number of rotatable bonds is 2. The van der Waals surface area contributed by atoms with E-state index in [0.717, 1.165) is 0 Å². The second-order valence-corrected chi connectivity index (χ2v) is 4.75. The van der Waals surface area contributed by atoms with E-state index in [2.05, 4.69) is 4.98 Å². The molecule has 1 saturated carbocycles. The zero-order valence-corrected chi connectivity index (χ0v) is 12.5. The normalized spacial score (nSPS) is 14.9. The maximum atomic E-state index is 11.5. The molecule has 1 aromatic rings. The van der Waals surface area contributed by atoms with Crippen molar-refractivity contribution in [3.05, 3.63) is 22.4 Å². The van der Waals surface area contributed by atoms with Crippen LogP contribution in [0.5, 0.6) is 0 Å². The SMILES string of the molecule is C1CC1.CC#N.Nc1nccc(N2CCCC2=O)c1[N+](=O)[O-]. The Kier molecular flexibility index (Phi) is 6.76. The van der Waals surface area contributed by atoms with Crippen LogP contribution >= 0.6 is 0 Å². The number of carbonyl (C=O) groups is 1. The zero-order chi connectivity index (χ0) is 16.5. The lowest BCUT2D eigenvalue weighted by Gasteiger charge is -2.15. The van der Waals surface area contributed by atoms with Gasteiger partial charge in [-0.3, -0.25) is 14.9 Å². The first-order valence-electron chi connectivity index (χ1n) is 7.03. The van der Waals surface area contributed by atoms with Gasteiger partial charge in [0.25, 0.3) is 0 Å². The van der Waals surface area contributed by atoms with Gasteiger partial charge in [-0.05, 0) is 12.5 Å². The standard InChI is InChI=1S/C9H10N4O3.C3H6.C2H3N/c10-9-8(13(15)16)6(3-4-11-9)12-5-1-2-7(12)14;1-2-3-1;1-2-3/h3-4H,1-2,5H2,(H2,10,11);1-3H2;1H3. The summed E-state index contributed by atoms with van der Waals surface area (Å²) >= 11 is 0. The first-order chi connectivity index (χ1) is 10.5. The van der Waals surface area contributed by atoms with Crippen LogP contribution in [0.3, 0.4) is 0 Å². The third-order valence-electron chi connectivity index (χ3n) is 2.83. The largest absolute Gasteiger partial charge is 0.378 e. The molecule has 8 nitrogen and oxygen atoms in total. The maximum absolute atomic E-state index is 11.5. The van der Waals surface area contributed by atoms with Crippen molar-refractivity contribution in [1.82, 2.24) is 4.98 Å². The smallest absolute Gasteiger partial charge is 0.334 e. The number of nitriles is 1. The van der Waals surface area contributed by atoms with E-state index in [1.165, 1.54) is 43.3 Å². The van der Waals surface area contributed by atoms with Crippen molar-refractivity contribution in [3.8, 4) is 6.07 Å². The molecule has 118 valence electrons. The van der Waals surface area contributed by atoms with Crippen molar-refractivity contribution in [1.29, 1.82) is 5.26 Å². The number of carbonyl (C=O) groups excluding carboxylic acids is 1. The highest BCUT2D eigenvalue weighted by atomic mass is 16.6. The second kappa shape index (κ2) is 8.56. The molecular weight excluding hydrogens is 286 g/mol. The van der Waals surface area contributed by atoms with Gasteiger partial charge in [-0.25, -0.2) is 4.98 Å². The van der Waals surface area contributed by atoms with Crippen LogP contribution < -0.4 is 10.6 Å². The van der Waals surface area contributed by atoms with Gasteiger partial charge in [0.15, 0.2) is 0 Å². The van der Waals surface area contributed by atoms with Crippen molar-refractivity contribution >= 4 is 23.1 Å². The molecule has 1 aliphatic heterocycles. The molecule has 2 aliphatic rings. The van der Waals surface area contributed by atoms with E-state index >= 15 is 0 Å². The molecule has 0 spiro atoms. The molecule has 3 rings (SSSR count). The lowest BCUT2D eigenvalue weighted by Crippen LogP contribution is -2.25. The molecule has 1 amide bonds. The zero-order valence-electron chi connectivity index (χ0n) is 12.5. The van der Waals surface area contributed by atoms with Crippen molar-refractivity contribution < 1.29 is 9.72 Å². The van der Waals surface area contributed by atoms with Gasteiger partial charge in [-0.15, -0.1) is 0 Å². The first kappa shape index (κ1) is 17.4. The minimum absolute atomic E-state index is 0.117. The highest BCUT2D eigenvalue weighted by Gasteiger charge is 2.30. The number of aromatic nitrogens is 1. The molecule has 8 heteroatoms. The maximum Gasteiger partial charge on any atom is 0.334 e. The number of nitrogen functional groups attached to an aromatic ring is 1. The average molecular weight is 305 g/mol. The van der Waals surface area contributed by atoms with Crippen LogP contribution in [0.4, 0.5) is 17.2 Å². The molecule has 2 fully saturated rings. The number of hydrogen-bond donors (Lipinski definition) is 1. The van der Waals surface area contributed by atoms with Crippen molar-refractivity contribution in [2.24, 2.45) is 0 Å². The van der Waals surface area contributed by atoms with E-state index in [1.54, 1.807) is 6.07 Å². The summed E-state index contributed by atoms with van der Waals surface area (Å²) < 4.78 is 0. The third kappa shape index (κ3) is 5.01. The van der Waals surface area contributed by atoms with Gasteiger partial charge in [0.2, 0.25) is 11.7 Å². The Morgan fingerprint density at radius 1 is 1.41 bits per heavy atom. The van der Waals surface area contributed by atoms with E-state index in [1.807, 2.05) is 0 Å². The molecule has 1 aromatic heterocycles. The molecule has 0 atom stereocenters. The van der Waals surface area contributed by atoms with Crippen LogP contribution in [-0.4, -0.2) is 22.4 Å². The van der Waals surface area contributed by atoms with Crippen molar-refractivity contribution in [3.63, 3.8) is 0 Å². The predicted octanol–water partition coefficient (Wildman–Crippen LogP) is 2.40. The molecule has 1 saturated heterocycles. The molecule has 0 aromatic carbocycles. The number of hydrogen-bond acceptors (Lipinski definition) is 6. The van der Waals surface area contributed by atoms with Crippen LogP contribution in [0.15, 0.2) is 12.3 Å². The molecule has 0 unspecified atom stereocenters. The van der Waals surface area contributed by atoms with Gasteiger partial charge in [-0.2, -0.15) is 5.26 Å². The number of amides is 1. The number of nitrogens with zero attached hydrogens (tertiary/aromatic N) is 4. The summed E-state index contributed by atoms with van der Waals surface area (Å²) in [5.41, 5.74) is 5.39. The van der Waals surface area contributed by atoms with E-state index in [4.69, 9.17) is 11.0 Å². The Balaban J connectivity index is 0.000000341. The summed E-state index contributed by atoms with van der Waals surface area (Å²) in [6, 6.07) is 3.19. The van der Waals surface area contributed by atoms with Gasteiger partial charge < -0.3 is 10.6 Å². The quantitative estimate of drug-likeness (QED) is 0.660. The Labute approximate surface area is 128 Å². The minimum Gasteiger partial charge on any atom is -0.378 e. The van der Waals surface area contributed by atoms with Gasteiger partial charge in [-0.1, -0.05) is 19.3 Å². The van der Waals surface area contributed by atoms with Gasteiger partial charge in [0.05, 0.1) is 11.0 Å². The fourth-order valence-electron chi connectivity index (χ4n) is 1.77. The lowest BCUT2D eigenvalue weighted by molar-refractivity contribution is -0.383. The summed E-state index contributed by atoms with van der Waals surface area (Å²) in [6.07, 6.45) is 6.99. The Morgan fingerprint density at radius 3 is 2.41 bits per heavy atom. The van der Waals surface area contributed by atoms with E-state index in [-0.39, 0.29) is 23.1 Å². The fraction of sp³-hybridized carbons (Fsp3) is 0.500. The molecular formula is C14H19N5O3. The molecule has 2 N–H and O–H groups in total. The second-order valence-electron chi connectivity index (χ2n) is 4.75. The number of nitro groups is 1. The highest BCUT2D eigenvalue weighted by Crippen LogP contribution is 2.34. The van der Waals surface area contributed by atoms with Gasteiger partial charge in [0.1, 0.15) is 5.69 Å². The number of nitrogens with two attached hydrogens (primary N) is 1. The summed E-state index contributed by atoms with van der Waals surface area (Å²) in [4.78, 5) is 26.8. The highest BCUT2D eigenvalue weighted by molar-refractivity contribution is 5.98. The Hall–Kier alpha value is -2.69. The van der Waals surface area contributed by atoms with E-state index in [9.17, 15) is 14.9 Å². The average Bonchev–Trinajstić information content (AvgIpc) is 3.28. The molecule has 1 aliphatic carbocycles. The van der Waals surface area contributed by atoms with Gasteiger partial charge >= 0.3 is 5.69 Å². The van der Waals surface area contributed by atoms with E-state index < -0.39 is 4.92 Å². The monoisotopic (exact) mass is 305 g/mol. The minimum atomic E-state index is -0.608. The van der Waals surface area contributed by atoms with Crippen LogP contribution in [0.2, 0.25) is 0 Å². The topological polar surface area (TPSA) is 126 Å². The summed E-state index contributed by atoms with van der Waals surface area (Å²) in [7, 11) is 0. The van der Waals surface area contributed by atoms with Crippen LogP contribution in [0.1, 0.15) is 39.0 Å². The lowest BCUT2D eigenvalue weighted by atomic mass is 10.3. The van der Waals surface area contributed by atoms with Crippen LogP contribution in [-0.2, 0) is 4.79 Å². The van der Waals surface area contributed by atoms with Crippen LogP contribution in [0, 0.1) is 21.4 Å². The number of pyridine rings is 1. The molecule has 0 radical (unpaired) electrons. The number of anilines is 2. The van der Waals surface area contributed by atoms with Crippen molar-refractivity contribution in [2.45, 2.75) is 39.0 Å². The summed E-state index contributed by atoms with van der Waals surface area (Å²) in [5.74, 6) is -0.282. The third-order valence-corrected chi connectivity index (χ3v) is 2.83. The molecule has 22 heavy (non-hydrogen) atoms. The fourth-order valence-corrected chi connectivity index (χ4v) is 1.77. The van der Waals surface area contributed by atoms with Gasteiger partial charge in [0, 0.05) is 26.1 Å². The predicted molar refractivity (Wildman–Crippen MR) is 82.0 cm³/mol. The van der Waals surface area contributed by atoms with Crippen molar-refractivity contribution in [2.75, 3.05) is 17.2 Å². The Bertz CT molecular complexity index is 578. The molecule has 0 bridgehead atoms. The van der Waals surface area contributed by atoms with E-state index in [0.29, 0.717) is 19.4 Å². The first-order valence-corrected chi connectivity index (χ1v) is 7.03. The summed E-state index contributed by atoms with van der Waals surface area (Å²) in [5, 5.41) is 18.2. The van der Waals surface area contributed by atoms with Crippen LogP contribution in [0.25, 0.3) is 0 Å². The summed E-state index contributed by atoms with van der Waals surface area (Å²) in [6.45, 7) is 1.92. The molecule has 2 heterocycles.